The molecule has 2 heteroatoms. The Kier molecular flexibility index (Phi) is 3.74. The molecule has 1 aromatic carbocycles. The fourth-order valence-electron chi connectivity index (χ4n) is 4.31. The van der Waals surface area contributed by atoms with E-state index in [1.807, 2.05) is 6.07 Å². The highest BCUT2D eigenvalue weighted by Gasteiger charge is 2.42. The highest BCUT2D eigenvalue weighted by molar-refractivity contribution is 5.81. The Bertz CT molecular complexity index is 748. The Labute approximate surface area is 139 Å². The van der Waals surface area contributed by atoms with Gasteiger partial charge in [0.1, 0.15) is 0 Å². The van der Waals surface area contributed by atoms with Crippen molar-refractivity contribution in [2.45, 2.75) is 65.2 Å². The number of rotatable bonds is 3. The highest BCUT2D eigenvalue weighted by Crippen LogP contribution is 2.50. The Hall–Kier alpha value is -1.83. The Morgan fingerprint density at radius 2 is 1.83 bits per heavy atom. The van der Waals surface area contributed by atoms with Crippen molar-refractivity contribution in [3.8, 4) is 0 Å². The van der Waals surface area contributed by atoms with E-state index in [1.165, 1.54) is 34.2 Å². The van der Waals surface area contributed by atoms with Gasteiger partial charge in [0, 0.05) is 6.07 Å². The van der Waals surface area contributed by atoms with Gasteiger partial charge in [-0.05, 0) is 64.5 Å². The van der Waals surface area contributed by atoms with Gasteiger partial charge in [-0.25, -0.2) is 0 Å². The molecule has 0 amide bonds. The molecular formula is C21H27NO. The van der Waals surface area contributed by atoms with Crippen molar-refractivity contribution >= 4 is 11.6 Å². The second kappa shape index (κ2) is 5.36. The molecule has 122 valence electrons. The maximum Gasteiger partial charge on any atom is 0.159 e. The van der Waals surface area contributed by atoms with Gasteiger partial charge in [-0.1, -0.05) is 51.9 Å². The molecule has 0 unspecified atom stereocenters. The molecular weight excluding hydrogens is 282 g/mol. The summed E-state index contributed by atoms with van der Waals surface area (Å²) in [5.41, 5.74) is 7.50. The molecule has 1 aliphatic carbocycles. The van der Waals surface area contributed by atoms with Crippen LogP contribution >= 0.6 is 0 Å². The summed E-state index contributed by atoms with van der Waals surface area (Å²) in [7, 11) is 0. The third-order valence-electron chi connectivity index (χ3n) is 5.21. The van der Waals surface area contributed by atoms with Gasteiger partial charge in [0.2, 0.25) is 0 Å². The Morgan fingerprint density at radius 3 is 2.39 bits per heavy atom. The molecule has 0 bridgehead atoms. The lowest BCUT2D eigenvalue weighted by Crippen LogP contribution is -2.18. The smallest absolute Gasteiger partial charge is 0.159 e. The first kappa shape index (κ1) is 16.0. The lowest BCUT2D eigenvalue weighted by Gasteiger charge is -2.22. The van der Waals surface area contributed by atoms with Crippen molar-refractivity contribution in [3.05, 3.63) is 52.4 Å². The minimum absolute atomic E-state index is 0.229. The van der Waals surface area contributed by atoms with E-state index < -0.39 is 0 Å². The van der Waals surface area contributed by atoms with E-state index >= 15 is 0 Å². The average Bonchev–Trinajstić information content (AvgIpc) is 3.02. The van der Waals surface area contributed by atoms with Crippen LogP contribution in [0, 0.1) is 0 Å². The molecule has 0 N–H and O–H groups in total. The second-order valence-electron chi connectivity index (χ2n) is 8.10. The quantitative estimate of drug-likeness (QED) is 0.720. The third-order valence-corrected chi connectivity index (χ3v) is 5.21. The van der Waals surface area contributed by atoms with Gasteiger partial charge in [-0.15, -0.1) is 0 Å². The maximum atomic E-state index is 5.24. The van der Waals surface area contributed by atoms with Gasteiger partial charge in [-0.2, -0.15) is 0 Å². The molecule has 2 aromatic rings. The number of allylic oxidation sites excluding steroid dienone is 1. The van der Waals surface area contributed by atoms with Gasteiger partial charge in [-0.3, -0.25) is 0 Å². The van der Waals surface area contributed by atoms with E-state index in [0.717, 1.165) is 12.2 Å². The Balaban J connectivity index is 2.16. The zero-order chi connectivity index (χ0) is 16.8. The monoisotopic (exact) mass is 309 g/mol. The van der Waals surface area contributed by atoms with Crippen molar-refractivity contribution in [2.75, 3.05) is 0 Å². The summed E-state index contributed by atoms with van der Waals surface area (Å²) in [4.78, 5) is 0. The van der Waals surface area contributed by atoms with Crippen LogP contribution in [-0.2, 0) is 17.3 Å². The molecule has 0 spiro atoms. The summed E-state index contributed by atoms with van der Waals surface area (Å²) in [6, 6.07) is 6.76. The molecule has 2 nitrogen and oxygen atoms in total. The zero-order valence-corrected chi connectivity index (χ0v) is 15.2. The first-order valence-corrected chi connectivity index (χ1v) is 8.52. The van der Waals surface area contributed by atoms with Crippen LogP contribution in [0.25, 0.3) is 11.6 Å². The van der Waals surface area contributed by atoms with E-state index in [4.69, 9.17) is 4.52 Å². The van der Waals surface area contributed by atoms with Gasteiger partial charge >= 0.3 is 0 Å². The van der Waals surface area contributed by atoms with Crippen LogP contribution < -0.4 is 0 Å². The lowest BCUT2D eigenvalue weighted by atomic mass is 9.82. The first-order valence-electron chi connectivity index (χ1n) is 8.52. The van der Waals surface area contributed by atoms with Crippen LogP contribution in [0.5, 0.6) is 0 Å². The molecule has 1 aromatic heterocycles. The molecule has 0 saturated heterocycles. The molecule has 0 radical (unpaired) electrons. The molecule has 0 aliphatic heterocycles. The van der Waals surface area contributed by atoms with E-state index in [2.05, 4.69) is 64.9 Å². The predicted molar refractivity (Wildman–Crippen MR) is 96.5 cm³/mol. The standard InChI is InChI=1S/C21H27NO/c1-7-15-11-18-19(21(5,6)13-20(18,3)4)12-17(15)14(2)10-16-8-9-22-23-16/h8-12H,7,13H2,1-6H3. The van der Waals surface area contributed by atoms with E-state index in [0.29, 0.717) is 0 Å². The Morgan fingerprint density at radius 1 is 1.17 bits per heavy atom. The number of hydrogen-bond acceptors (Lipinski definition) is 2. The topological polar surface area (TPSA) is 26.0 Å². The summed E-state index contributed by atoms with van der Waals surface area (Å²) < 4.78 is 5.24. The van der Waals surface area contributed by atoms with Crippen LogP contribution in [0.4, 0.5) is 0 Å². The summed E-state index contributed by atoms with van der Waals surface area (Å²) in [6.45, 7) is 13.9. The number of hydrogen-bond donors (Lipinski definition) is 0. The summed E-state index contributed by atoms with van der Waals surface area (Å²) in [5, 5.41) is 3.79. The molecule has 1 heterocycles. The molecule has 0 atom stereocenters. The van der Waals surface area contributed by atoms with Gasteiger partial charge in [0.25, 0.3) is 0 Å². The number of benzene rings is 1. The van der Waals surface area contributed by atoms with Crippen LogP contribution in [0.3, 0.4) is 0 Å². The fourth-order valence-corrected chi connectivity index (χ4v) is 4.31. The predicted octanol–water partition coefficient (Wildman–Crippen LogP) is 5.76. The fraction of sp³-hybridized carbons (Fsp3) is 0.476. The molecule has 3 rings (SSSR count). The van der Waals surface area contributed by atoms with Crippen LogP contribution in [0.2, 0.25) is 0 Å². The normalized spacial score (nSPS) is 19.0. The molecule has 23 heavy (non-hydrogen) atoms. The van der Waals surface area contributed by atoms with E-state index in [-0.39, 0.29) is 10.8 Å². The van der Waals surface area contributed by atoms with Crippen molar-refractivity contribution in [2.24, 2.45) is 0 Å². The largest absolute Gasteiger partial charge is 0.357 e. The van der Waals surface area contributed by atoms with Crippen molar-refractivity contribution in [1.82, 2.24) is 5.16 Å². The third kappa shape index (κ3) is 2.75. The summed E-state index contributed by atoms with van der Waals surface area (Å²) in [6.07, 6.45) is 6.02. The number of aromatic nitrogens is 1. The number of nitrogens with zero attached hydrogens (tertiary/aromatic N) is 1. The first-order chi connectivity index (χ1) is 10.7. The van der Waals surface area contributed by atoms with Crippen molar-refractivity contribution < 1.29 is 4.52 Å². The van der Waals surface area contributed by atoms with Gasteiger partial charge in [0.15, 0.2) is 5.76 Å². The second-order valence-corrected chi connectivity index (χ2v) is 8.10. The van der Waals surface area contributed by atoms with Crippen molar-refractivity contribution in [1.29, 1.82) is 0 Å². The van der Waals surface area contributed by atoms with Crippen LogP contribution in [0.1, 0.15) is 76.0 Å². The van der Waals surface area contributed by atoms with E-state index in [1.54, 1.807) is 6.20 Å². The van der Waals surface area contributed by atoms with Gasteiger partial charge in [0.05, 0.1) is 6.20 Å². The number of fused-ring (bicyclic) bond motifs is 1. The number of aryl methyl sites for hydroxylation is 1. The van der Waals surface area contributed by atoms with E-state index in [9.17, 15) is 0 Å². The summed E-state index contributed by atoms with van der Waals surface area (Å²) in [5.74, 6) is 0.810. The SMILES string of the molecule is CCc1cc2c(cc1C(C)=Cc1ccno1)C(C)(C)CC2(C)C. The minimum atomic E-state index is 0.229. The lowest BCUT2D eigenvalue weighted by molar-refractivity contribution is 0.403. The summed E-state index contributed by atoms with van der Waals surface area (Å²) >= 11 is 0. The molecule has 0 saturated carbocycles. The van der Waals surface area contributed by atoms with Crippen molar-refractivity contribution in [3.63, 3.8) is 0 Å². The highest BCUT2D eigenvalue weighted by atomic mass is 16.5. The molecule has 0 fully saturated rings. The maximum absolute atomic E-state index is 5.24. The minimum Gasteiger partial charge on any atom is -0.357 e. The van der Waals surface area contributed by atoms with Crippen LogP contribution in [-0.4, -0.2) is 5.16 Å². The van der Waals surface area contributed by atoms with Crippen LogP contribution in [0.15, 0.2) is 28.9 Å². The average molecular weight is 309 g/mol. The van der Waals surface area contributed by atoms with Gasteiger partial charge < -0.3 is 4.52 Å². The zero-order valence-electron chi connectivity index (χ0n) is 15.2. The molecule has 1 aliphatic rings.